The molecule has 0 N–H and O–H groups in total. The van der Waals surface area contributed by atoms with E-state index in [2.05, 4.69) is 228 Å². The second-order valence-electron chi connectivity index (χ2n) is 15.7. The molecular formula is C58H38N2O. The van der Waals surface area contributed by atoms with E-state index in [0.717, 1.165) is 72.5 Å². The Hall–Kier alpha value is -8.14. The Labute approximate surface area is 353 Å². The molecule has 0 saturated carbocycles. The van der Waals surface area contributed by atoms with Crippen LogP contribution < -0.4 is 4.90 Å². The van der Waals surface area contributed by atoms with Gasteiger partial charge in [0.15, 0.2) is 0 Å². The Balaban J connectivity index is 1.03. The lowest BCUT2D eigenvalue weighted by molar-refractivity contribution is 0.669. The molecule has 0 amide bonds. The number of aromatic nitrogens is 1. The second kappa shape index (κ2) is 14.3. The number of nitrogens with zero attached hydrogens (tertiary/aromatic N) is 2. The summed E-state index contributed by atoms with van der Waals surface area (Å²) in [5.74, 6) is 0. The smallest absolute Gasteiger partial charge is 0.136 e. The molecule has 286 valence electrons. The molecule has 12 aromatic rings. The maximum atomic E-state index is 6.29. The minimum atomic E-state index is 0.894. The van der Waals surface area contributed by atoms with Crippen molar-refractivity contribution in [2.24, 2.45) is 0 Å². The van der Waals surface area contributed by atoms with Gasteiger partial charge in [-0.05, 0) is 117 Å². The molecular weight excluding hydrogens is 741 g/mol. The summed E-state index contributed by atoms with van der Waals surface area (Å²) in [5, 5.41) is 7.23. The standard InChI is InChI=1S/C58H38N2O/c1-2-13-41(14-3-1)49-34-26-44(43-23-22-39-12-4-5-15-42(39)36-43)37-56(49)59(46-28-24-40(25-29-46)45-27-35-53-52-18-8-11-21-57(52)61-58(53)38-45)47-30-32-48(33-31-47)60-54-19-9-6-16-50(54)51-17-7-10-20-55(51)60/h1-38H. The van der Waals surface area contributed by atoms with Gasteiger partial charge < -0.3 is 13.9 Å². The maximum Gasteiger partial charge on any atom is 0.136 e. The van der Waals surface area contributed by atoms with E-state index >= 15 is 0 Å². The van der Waals surface area contributed by atoms with E-state index < -0.39 is 0 Å². The minimum absolute atomic E-state index is 0.894. The minimum Gasteiger partial charge on any atom is -0.456 e. The second-order valence-corrected chi connectivity index (χ2v) is 15.7. The van der Waals surface area contributed by atoms with Gasteiger partial charge in [0, 0.05) is 44.2 Å². The molecule has 0 fully saturated rings. The molecule has 0 saturated heterocycles. The van der Waals surface area contributed by atoms with E-state index in [9.17, 15) is 0 Å². The van der Waals surface area contributed by atoms with Crippen LogP contribution in [0.1, 0.15) is 0 Å². The van der Waals surface area contributed by atoms with Crippen molar-refractivity contribution in [1.82, 2.24) is 4.57 Å². The van der Waals surface area contributed by atoms with Crippen molar-refractivity contribution >= 4 is 71.6 Å². The highest BCUT2D eigenvalue weighted by Gasteiger charge is 2.20. The van der Waals surface area contributed by atoms with E-state index in [0.29, 0.717) is 0 Å². The first-order valence-electron chi connectivity index (χ1n) is 20.8. The van der Waals surface area contributed by atoms with Crippen molar-refractivity contribution in [2.75, 3.05) is 4.90 Å². The van der Waals surface area contributed by atoms with E-state index in [1.807, 2.05) is 12.1 Å². The van der Waals surface area contributed by atoms with E-state index in [1.54, 1.807) is 0 Å². The van der Waals surface area contributed by atoms with Gasteiger partial charge in [-0.25, -0.2) is 0 Å². The normalized spacial score (nSPS) is 11.6. The molecule has 0 radical (unpaired) electrons. The monoisotopic (exact) mass is 778 g/mol. The van der Waals surface area contributed by atoms with Crippen molar-refractivity contribution in [3.8, 4) is 39.1 Å². The molecule has 0 atom stereocenters. The van der Waals surface area contributed by atoms with Crippen molar-refractivity contribution in [1.29, 1.82) is 0 Å². The largest absolute Gasteiger partial charge is 0.456 e. The van der Waals surface area contributed by atoms with Gasteiger partial charge in [-0.1, -0.05) is 152 Å². The number of anilines is 3. The fraction of sp³-hybridized carbons (Fsp3) is 0. The summed E-state index contributed by atoms with van der Waals surface area (Å²) in [6.45, 7) is 0. The molecule has 12 rings (SSSR count). The molecule has 10 aromatic carbocycles. The zero-order valence-corrected chi connectivity index (χ0v) is 33.2. The molecule has 0 bridgehead atoms. The van der Waals surface area contributed by atoms with Crippen LogP contribution >= 0.6 is 0 Å². The first-order chi connectivity index (χ1) is 30.2. The summed E-state index contributed by atoms with van der Waals surface area (Å²) in [5.41, 5.74) is 15.4. The molecule has 61 heavy (non-hydrogen) atoms. The van der Waals surface area contributed by atoms with Crippen molar-refractivity contribution < 1.29 is 4.42 Å². The first-order valence-corrected chi connectivity index (χ1v) is 20.8. The van der Waals surface area contributed by atoms with Gasteiger partial charge >= 0.3 is 0 Å². The number of benzene rings is 10. The van der Waals surface area contributed by atoms with Gasteiger partial charge in [0.05, 0.1) is 16.7 Å². The SMILES string of the molecule is c1ccc(-c2ccc(-c3ccc4ccccc4c3)cc2N(c2ccc(-c3ccc4c(c3)oc3ccccc34)cc2)c2ccc(-n3c4ccccc4c4ccccc43)cc2)cc1. The number of rotatable bonds is 7. The van der Waals surface area contributed by atoms with Crippen molar-refractivity contribution in [2.45, 2.75) is 0 Å². The summed E-state index contributed by atoms with van der Waals surface area (Å²) in [6.07, 6.45) is 0. The first kappa shape index (κ1) is 34.9. The molecule has 0 aliphatic heterocycles. The molecule has 2 aromatic heterocycles. The molecule has 3 heteroatoms. The molecule has 0 aliphatic rings. The summed E-state index contributed by atoms with van der Waals surface area (Å²) in [6, 6.07) is 83.1. The van der Waals surface area contributed by atoms with Crippen LogP contribution in [0.25, 0.3) is 93.6 Å². The van der Waals surface area contributed by atoms with E-state index in [1.165, 1.54) is 38.1 Å². The van der Waals surface area contributed by atoms with Crippen molar-refractivity contribution in [3.63, 3.8) is 0 Å². The van der Waals surface area contributed by atoms with Crippen LogP contribution in [0.3, 0.4) is 0 Å². The van der Waals surface area contributed by atoms with E-state index in [-0.39, 0.29) is 0 Å². The Morgan fingerprint density at radius 2 is 0.869 bits per heavy atom. The van der Waals surface area contributed by atoms with Crippen LogP contribution in [0.2, 0.25) is 0 Å². The van der Waals surface area contributed by atoms with Crippen LogP contribution in [0.15, 0.2) is 235 Å². The Kier molecular flexibility index (Phi) is 8.17. The summed E-state index contributed by atoms with van der Waals surface area (Å²) >= 11 is 0. The van der Waals surface area contributed by atoms with Gasteiger partial charge in [-0.15, -0.1) is 0 Å². The zero-order valence-electron chi connectivity index (χ0n) is 33.2. The number of hydrogen-bond donors (Lipinski definition) is 0. The fourth-order valence-electron chi connectivity index (χ4n) is 9.21. The average molecular weight is 779 g/mol. The molecule has 0 spiro atoms. The predicted octanol–water partition coefficient (Wildman–Crippen LogP) is 16.3. The third kappa shape index (κ3) is 5.98. The van der Waals surface area contributed by atoms with Crippen LogP contribution in [0.4, 0.5) is 17.1 Å². The molecule has 2 heterocycles. The predicted molar refractivity (Wildman–Crippen MR) is 257 cm³/mol. The van der Waals surface area contributed by atoms with E-state index in [4.69, 9.17) is 4.42 Å². The van der Waals surface area contributed by atoms with Crippen LogP contribution in [-0.2, 0) is 0 Å². The van der Waals surface area contributed by atoms with Gasteiger partial charge in [0.25, 0.3) is 0 Å². The average Bonchev–Trinajstić information content (AvgIpc) is 3.88. The highest BCUT2D eigenvalue weighted by molar-refractivity contribution is 6.09. The summed E-state index contributed by atoms with van der Waals surface area (Å²) in [4.78, 5) is 2.41. The Morgan fingerprint density at radius 1 is 0.328 bits per heavy atom. The molecule has 0 unspecified atom stereocenters. The quantitative estimate of drug-likeness (QED) is 0.161. The fourth-order valence-corrected chi connectivity index (χ4v) is 9.21. The lowest BCUT2D eigenvalue weighted by Crippen LogP contribution is -2.11. The lowest BCUT2D eigenvalue weighted by atomic mass is 9.95. The topological polar surface area (TPSA) is 21.3 Å². The summed E-state index contributed by atoms with van der Waals surface area (Å²) < 4.78 is 8.67. The number of fused-ring (bicyclic) bond motifs is 7. The highest BCUT2D eigenvalue weighted by atomic mass is 16.3. The number of para-hydroxylation sites is 3. The van der Waals surface area contributed by atoms with Gasteiger partial charge in [0.1, 0.15) is 11.2 Å². The van der Waals surface area contributed by atoms with Crippen LogP contribution in [0.5, 0.6) is 0 Å². The van der Waals surface area contributed by atoms with Gasteiger partial charge in [-0.2, -0.15) is 0 Å². The highest BCUT2D eigenvalue weighted by Crippen LogP contribution is 2.44. The lowest BCUT2D eigenvalue weighted by Gasteiger charge is -2.29. The number of furan rings is 1. The Morgan fingerprint density at radius 3 is 1.62 bits per heavy atom. The summed E-state index contributed by atoms with van der Waals surface area (Å²) in [7, 11) is 0. The third-order valence-electron chi connectivity index (χ3n) is 12.2. The Bertz CT molecular complexity index is 3520. The van der Waals surface area contributed by atoms with Gasteiger partial charge in [-0.3, -0.25) is 0 Å². The number of hydrogen-bond acceptors (Lipinski definition) is 2. The van der Waals surface area contributed by atoms with Crippen molar-refractivity contribution in [3.05, 3.63) is 231 Å². The van der Waals surface area contributed by atoms with Crippen LogP contribution in [-0.4, -0.2) is 4.57 Å². The molecule has 3 nitrogen and oxygen atoms in total. The molecule has 0 aliphatic carbocycles. The van der Waals surface area contributed by atoms with Crippen LogP contribution in [0, 0.1) is 0 Å². The third-order valence-corrected chi connectivity index (χ3v) is 12.2. The van der Waals surface area contributed by atoms with Gasteiger partial charge in [0.2, 0.25) is 0 Å². The maximum absolute atomic E-state index is 6.29. The zero-order chi connectivity index (χ0) is 40.3.